The van der Waals surface area contributed by atoms with Gasteiger partial charge < -0.3 is 20.1 Å². The SMILES string of the molecule is CCOC(=O)c1c(N)nn2ccc(N3CCC[C@H]3c3cc(F)ccc3OC)nc12. The number of esters is 1. The van der Waals surface area contributed by atoms with E-state index in [-0.39, 0.29) is 29.8 Å². The Morgan fingerprint density at radius 2 is 2.21 bits per heavy atom. The van der Waals surface area contributed by atoms with Crippen LogP contribution in [0, 0.1) is 5.82 Å². The first-order valence-electron chi connectivity index (χ1n) is 9.45. The van der Waals surface area contributed by atoms with Gasteiger partial charge in [0.15, 0.2) is 11.5 Å². The number of nitrogens with two attached hydrogens (primary N) is 1. The largest absolute Gasteiger partial charge is 0.496 e. The number of ether oxygens (including phenoxy) is 2. The van der Waals surface area contributed by atoms with Gasteiger partial charge in [0, 0.05) is 18.3 Å². The van der Waals surface area contributed by atoms with Crippen molar-refractivity contribution in [2.24, 2.45) is 0 Å². The molecule has 4 rings (SSSR count). The molecule has 0 saturated carbocycles. The Morgan fingerprint density at radius 1 is 1.38 bits per heavy atom. The van der Waals surface area contributed by atoms with Crippen molar-refractivity contribution in [3.05, 3.63) is 47.4 Å². The van der Waals surface area contributed by atoms with Gasteiger partial charge in [0.25, 0.3) is 0 Å². The normalized spacial score (nSPS) is 16.4. The molecule has 29 heavy (non-hydrogen) atoms. The molecule has 9 heteroatoms. The summed E-state index contributed by atoms with van der Waals surface area (Å²) < 4.78 is 25.9. The number of halogens is 1. The monoisotopic (exact) mass is 399 g/mol. The summed E-state index contributed by atoms with van der Waals surface area (Å²) in [6, 6.07) is 6.22. The van der Waals surface area contributed by atoms with Gasteiger partial charge >= 0.3 is 5.97 Å². The molecule has 3 aromatic rings. The maximum atomic E-state index is 13.9. The molecule has 8 nitrogen and oxygen atoms in total. The van der Waals surface area contributed by atoms with Crippen LogP contribution in [0.3, 0.4) is 0 Å². The summed E-state index contributed by atoms with van der Waals surface area (Å²) in [6.45, 7) is 2.69. The zero-order valence-electron chi connectivity index (χ0n) is 16.3. The van der Waals surface area contributed by atoms with Crippen LogP contribution in [0.5, 0.6) is 5.75 Å². The molecule has 0 radical (unpaired) electrons. The lowest BCUT2D eigenvalue weighted by Gasteiger charge is -2.27. The highest BCUT2D eigenvalue weighted by Gasteiger charge is 2.31. The van der Waals surface area contributed by atoms with Gasteiger partial charge in [0.2, 0.25) is 0 Å². The number of rotatable bonds is 5. The van der Waals surface area contributed by atoms with Crippen LogP contribution in [0.4, 0.5) is 16.0 Å². The molecule has 1 atom stereocenters. The van der Waals surface area contributed by atoms with E-state index in [1.165, 1.54) is 16.6 Å². The van der Waals surface area contributed by atoms with Gasteiger partial charge in [-0.15, -0.1) is 5.10 Å². The average molecular weight is 399 g/mol. The van der Waals surface area contributed by atoms with Gasteiger partial charge in [-0.05, 0) is 44.0 Å². The number of carbonyl (C=O) groups excluding carboxylic acids is 1. The molecule has 1 aliphatic heterocycles. The Hall–Kier alpha value is -3.36. The fraction of sp³-hybridized carbons (Fsp3) is 0.350. The number of anilines is 2. The molecule has 1 aliphatic rings. The standard InChI is InChI=1S/C20H22FN5O3/c1-3-29-20(27)17-18(22)24-26-10-8-16(23-19(17)26)25-9-4-5-14(25)13-11-12(21)6-7-15(13)28-2/h6-8,10-11,14H,3-5,9H2,1-2H3,(H2,22,24)/t14-/m0/s1. The number of methoxy groups -OCH3 is 1. The Kier molecular flexibility index (Phi) is 4.96. The summed E-state index contributed by atoms with van der Waals surface area (Å²) >= 11 is 0. The molecule has 1 saturated heterocycles. The molecule has 0 amide bonds. The summed E-state index contributed by atoms with van der Waals surface area (Å²) in [5.74, 6) is 0.471. The molecule has 1 fully saturated rings. The first-order valence-corrected chi connectivity index (χ1v) is 9.45. The second-order valence-electron chi connectivity index (χ2n) is 6.77. The highest BCUT2D eigenvalue weighted by molar-refractivity contribution is 6.00. The lowest BCUT2D eigenvalue weighted by atomic mass is 10.0. The van der Waals surface area contributed by atoms with Crippen molar-refractivity contribution >= 4 is 23.3 Å². The second-order valence-corrected chi connectivity index (χ2v) is 6.77. The van der Waals surface area contributed by atoms with E-state index in [0.29, 0.717) is 17.2 Å². The number of benzene rings is 1. The van der Waals surface area contributed by atoms with E-state index >= 15 is 0 Å². The van der Waals surface area contributed by atoms with Crippen LogP contribution >= 0.6 is 0 Å². The third-order valence-corrected chi connectivity index (χ3v) is 5.07. The van der Waals surface area contributed by atoms with E-state index in [1.807, 2.05) is 0 Å². The van der Waals surface area contributed by atoms with Gasteiger partial charge in [-0.25, -0.2) is 18.7 Å². The third kappa shape index (κ3) is 3.32. The zero-order chi connectivity index (χ0) is 20.5. The maximum absolute atomic E-state index is 13.9. The zero-order valence-corrected chi connectivity index (χ0v) is 16.3. The van der Waals surface area contributed by atoms with Crippen LogP contribution in [0.2, 0.25) is 0 Å². The summed E-state index contributed by atoms with van der Waals surface area (Å²) in [5, 5.41) is 4.14. The van der Waals surface area contributed by atoms with Crippen LogP contribution in [0.15, 0.2) is 30.5 Å². The quantitative estimate of drug-likeness (QED) is 0.659. The van der Waals surface area contributed by atoms with Crippen molar-refractivity contribution in [1.82, 2.24) is 14.6 Å². The molecule has 2 N–H and O–H groups in total. The number of aromatic nitrogens is 3. The summed E-state index contributed by atoms with van der Waals surface area (Å²) in [4.78, 5) is 19.0. The number of hydrogen-bond acceptors (Lipinski definition) is 7. The number of hydrogen-bond donors (Lipinski definition) is 1. The summed E-state index contributed by atoms with van der Waals surface area (Å²) in [6.07, 6.45) is 3.46. The fourth-order valence-corrected chi connectivity index (χ4v) is 3.83. The van der Waals surface area contributed by atoms with Crippen molar-refractivity contribution in [3.63, 3.8) is 0 Å². The number of nitrogen functional groups attached to an aromatic ring is 1. The molecular formula is C20H22FN5O3. The van der Waals surface area contributed by atoms with Gasteiger partial charge in [-0.2, -0.15) is 0 Å². The highest BCUT2D eigenvalue weighted by Crippen LogP contribution is 2.39. The minimum Gasteiger partial charge on any atom is -0.496 e. The van der Waals surface area contributed by atoms with Crippen LogP contribution in [0.25, 0.3) is 5.65 Å². The minimum absolute atomic E-state index is 0.0675. The number of fused-ring (bicyclic) bond motifs is 1. The Balaban J connectivity index is 1.77. The molecule has 0 aliphatic carbocycles. The van der Waals surface area contributed by atoms with Crippen LogP contribution in [0.1, 0.15) is 41.7 Å². The first-order chi connectivity index (χ1) is 14.0. The van der Waals surface area contributed by atoms with E-state index in [0.717, 1.165) is 24.9 Å². The lowest BCUT2D eigenvalue weighted by Crippen LogP contribution is -2.24. The van der Waals surface area contributed by atoms with Gasteiger partial charge in [0.05, 0.1) is 19.8 Å². The molecule has 3 heterocycles. The van der Waals surface area contributed by atoms with Gasteiger partial charge in [0.1, 0.15) is 22.9 Å². The van der Waals surface area contributed by atoms with Crippen molar-refractivity contribution < 1.29 is 18.7 Å². The van der Waals surface area contributed by atoms with Gasteiger partial charge in [-0.1, -0.05) is 0 Å². The van der Waals surface area contributed by atoms with Gasteiger partial charge in [-0.3, -0.25) is 0 Å². The van der Waals surface area contributed by atoms with Crippen LogP contribution < -0.4 is 15.4 Å². The molecule has 0 unspecified atom stereocenters. The lowest BCUT2D eigenvalue weighted by molar-refractivity contribution is 0.0529. The Labute approximate surface area is 167 Å². The smallest absolute Gasteiger partial charge is 0.345 e. The van der Waals surface area contributed by atoms with E-state index in [4.69, 9.17) is 15.2 Å². The molecule has 152 valence electrons. The molecule has 1 aromatic carbocycles. The maximum Gasteiger partial charge on any atom is 0.345 e. The molecular weight excluding hydrogens is 377 g/mol. The fourth-order valence-electron chi connectivity index (χ4n) is 3.83. The van der Waals surface area contributed by atoms with E-state index in [1.54, 1.807) is 32.4 Å². The number of carbonyl (C=O) groups is 1. The second kappa shape index (κ2) is 7.57. The molecule has 0 bridgehead atoms. The average Bonchev–Trinajstić information content (AvgIpc) is 3.31. The molecule has 0 spiro atoms. The highest BCUT2D eigenvalue weighted by atomic mass is 19.1. The van der Waals surface area contributed by atoms with E-state index < -0.39 is 5.97 Å². The van der Waals surface area contributed by atoms with Crippen molar-refractivity contribution in [1.29, 1.82) is 0 Å². The van der Waals surface area contributed by atoms with Crippen molar-refractivity contribution in [3.8, 4) is 5.75 Å². The topological polar surface area (TPSA) is 95.0 Å². The summed E-state index contributed by atoms with van der Waals surface area (Å²) in [5.41, 5.74) is 7.16. The minimum atomic E-state index is -0.561. The Morgan fingerprint density at radius 3 is 2.97 bits per heavy atom. The Bertz CT molecular complexity index is 1070. The van der Waals surface area contributed by atoms with Crippen LogP contribution in [-0.2, 0) is 4.74 Å². The molecule has 2 aromatic heterocycles. The predicted molar refractivity (Wildman–Crippen MR) is 106 cm³/mol. The first kappa shape index (κ1) is 19.0. The van der Waals surface area contributed by atoms with Crippen molar-refractivity contribution in [2.45, 2.75) is 25.8 Å². The predicted octanol–water partition coefficient (Wildman–Crippen LogP) is 2.98. The third-order valence-electron chi connectivity index (χ3n) is 5.07. The summed E-state index contributed by atoms with van der Waals surface area (Å²) in [7, 11) is 1.57. The number of nitrogens with zero attached hydrogens (tertiary/aromatic N) is 4. The van der Waals surface area contributed by atoms with E-state index in [2.05, 4.69) is 15.0 Å². The van der Waals surface area contributed by atoms with Crippen molar-refractivity contribution in [2.75, 3.05) is 30.9 Å². The van der Waals surface area contributed by atoms with E-state index in [9.17, 15) is 9.18 Å². The van der Waals surface area contributed by atoms with Crippen LogP contribution in [-0.4, -0.2) is 40.8 Å².